The highest BCUT2D eigenvalue weighted by Gasteiger charge is 2.12. The molecule has 1 aromatic carbocycles. The van der Waals surface area contributed by atoms with Crippen LogP contribution in [0, 0.1) is 0 Å². The molecule has 22 heavy (non-hydrogen) atoms. The number of hydrogen-bond donors (Lipinski definition) is 2. The fourth-order valence-electron chi connectivity index (χ4n) is 1.85. The maximum absolute atomic E-state index is 12.1. The SMILES string of the molecule is CCOc1ccccc1C(=O)NCC(=O)NCc1cccs1. The molecule has 0 saturated carbocycles. The average molecular weight is 318 g/mol. The van der Waals surface area contributed by atoms with Gasteiger partial charge in [-0.05, 0) is 30.5 Å². The highest BCUT2D eigenvalue weighted by molar-refractivity contribution is 7.09. The summed E-state index contributed by atoms with van der Waals surface area (Å²) < 4.78 is 5.40. The molecule has 0 aliphatic carbocycles. The molecule has 0 bridgehead atoms. The normalized spacial score (nSPS) is 10.0. The van der Waals surface area contributed by atoms with Gasteiger partial charge in [0.1, 0.15) is 5.75 Å². The highest BCUT2D eigenvalue weighted by atomic mass is 32.1. The molecule has 0 aliphatic rings. The van der Waals surface area contributed by atoms with E-state index < -0.39 is 0 Å². The van der Waals surface area contributed by atoms with Gasteiger partial charge in [0, 0.05) is 4.88 Å². The van der Waals surface area contributed by atoms with Crippen LogP contribution in [0.25, 0.3) is 0 Å². The van der Waals surface area contributed by atoms with Crippen molar-refractivity contribution in [3.8, 4) is 5.75 Å². The molecule has 0 aliphatic heterocycles. The van der Waals surface area contributed by atoms with Gasteiger partial charge in [0.2, 0.25) is 5.91 Å². The molecular weight excluding hydrogens is 300 g/mol. The molecule has 0 spiro atoms. The molecule has 2 amide bonds. The van der Waals surface area contributed by atoms with Gasteiger partial charge in [0.25, 0.3) is 5.91 Å². The summed E-state index contributed by atoms with van der Waals surface area (Å²) >= 11 is 1.57. The molecule has 0 unspecified atom stereocenters. The first kappa shape index (κ1) is 16.0. The van der Waals surface area contributed by atoms with E-state index in [9.17, 15) is 9.59 Å². The van der Waals surface area contributed by atoms with Crippen LogP contribution in [0.3, 0.4) is 0 Å². The van der Waals surface area contributed by atoms with Crippen molar-refractivity contribution in [1.29, 1.82) is 0 Å². The predicted molar refractivity (Wildman–Crippen MR) is 86.1 cm³/mol. The largest absolute Gasteiger partial charge is 0.493 e. The van der Waals surface area contributed by atoms with Crippen LogP contribution in [0.1, 0.15) is 22.2 Å². The number of para-hydroxylation sites is 1. The first-order valence-corrected chi connectivity index (χ1v) is 7.87. The molecule has 5 nitrogen and oxygen atoms in total. The van der Waals surface area contributed by atoms with E-state index in [1.807, 2.05) is 24.4 Å². The maximum Gasteiger partial charge on any atom is 0.255 e. The summed E-state index contributed by atoms with van der Waals surface area (Å²) in [5, 5.41) is 7.31. The van der Waals surface area contributed by atoms with Crippen LogP contribution in [0.2, 0.25) is 0 Å². The van der Waals surface area contributed by atoms with Crippen LogP contribution in [-0.4, -0.2) is 25.0 Å². The van der Waals surface area contributed by atoms with Crippen molar-refractivity contribution in [2.24, 2.45) is 0 Å². The van der Waals surface area contributed by atoms with Crippen LogP contribution in [-0.2, 0) is 11.3 Å². The summed E-state index contributed by atoms with van der Waals surface area (Å²) in [6.45, 7) is 2.74. The highest BCUT2D eigenvalue weighted by Crippen LogP contribution is 2.17. The van der Waals surface area contributed by atoms with Crippen molar-refractivity contribution in [1.82, 2.24) is 10.6 Å². The van der Waals surface area contributed by atoms with Crippen LogP contribution >= 0.6 is 11.3 Å². The number of benzene rings is 1. The molecule has 116 valence electrons. The smallest absolute Gasteiger partial charge is 0.255 e. The van der Waals surface area contributed by atoms with E-state index >= 15 is 0 Å². The second kappa shape index (κ2) is 8.19. The fourth-order valence-corrected chi connectivity index (χ4v) is 2.50. The van der Waals surface area contributed by atoms with Gasteiger partial charge in [-0.1, -0.05) is 18.2 Å². The predicted octanol–water partition coefficient (Wildman–Crippen LogP) is 2.19. The van der Waals surface area contributed by atoms with Crippen molar-refractivity contribution >= 4 is 23.2 Å². The lowest BCUT2D eigenvalue weighted by Gasteiger charge is -2.10. The molecule has 6 heteroatoms. The molecule has 0 atom stereocenters. The minimum absolute atomic E-state index is 0.0648. The summed E-state index contributed by atoms with van der Waals surface area (Å²) in [4.78, 5) is 24.9. The van der Waals surface area contributed by atoms with Gasteiger partial charge in [0.15, 0.2) is 0 Å². The molecule has 2 aromatic rings. The number of thiophene rings is 1. The van der Waals surface area contributed by atoms with Gasteiger partial charge in [-0.15, -0.1) is 11.3 Å². The van der Waals surface area contributed by atoms with Crippen LogP contribution in [0.4, 0.5) is 0 Å². The Balaban J connectivity index is 1.83. The zero-order chi connectivity index (χ0) is 15.8. The monoisotopic (exact) mass is 318 g/mol. The van der Waals surface area contributed by atoms with Crippen molar-refractivity contribution in [2.75, 3.05) is 13.2 Å². The molecule has 1 aromatic heterocycles. The summed E-state index contributed by atoms with van der Waals surface area (Å²) in [6.07, 6.45) is 0. The first-order chi connectivity index (χ1) is 10.7. The Morgan fingerprint density at radius 1 is 1.14 bits per heavy atom. The maximum atomic E-state index is 12.1. The number of carbonyl (C=O) groups excluding carboxylic acids is 2. The molecule has 1 heterocycles. The lowest BCUT2D eigenvalue weighted by Crippen LogP contribution is -2.36. The van der Waals surface area contributed by atoms with Crippen LogP contribution in [0.15, 0.2) is 41.8 Å². The minimum atomic E-state index is -0.324. The second-order valence-corrected chi connectivity index (χ2v) is 5.50. The van der Waals surface area contributed by atoms with Crippen molar-refractivity contribution in [3.63, 3.8) is 0 Å². The Bertz CT molecular complexity index is 626. The zero-order valence-electron chi connectivity index (χ0n) is 12.3. The van der Waals surface area contributed by atoms with E-state index in [0.717, 1.165) is 4.88 Å². The Morgan fingerprint density at radius 3 is 2.68 bits per heavy atom. The van der Waals surface area contributed by atoms with E-state index in [4.69, 9.17) is 4.74 Å². The third kappa shape index (κ3) is 4.60. The number of ether oxygens (including phenoxy) is 1. The number of rotatable bonds is 7. The van der Waals surface area contributed by atoms with E-state index in [1.165, 1.54) is 0 Å². The molecule has 0 saturated heterocycles. The van der Waals surface area contributed by atoms with Crippen molar-refractivity contribution in [3.05, 3.63) is 52.2 Å². The first-order valence-electron chi connectivity index (χ1n) is 6.99. The van der Waals surface area contributed by atoms with E-state index in [0.29, 0.717) is 24.5 Å². The van der Waals surface area contributed by atoms with Crippen molar-refractivity contribution in [2.45, 2.75) is 13.5 Å². The number of nitrogens with one attached hydrogen (secondary N) is 2. The van der Waals surface area contributed by atoms with Gasteiger partial charge in [0.05, 0.1) is 25.3 Å². The summed E-state index contributed by atoms with van der Waals surface area (Å²) in [5.74, 6) is -0.0348. The Kier molecular flexibility index (Phi) is 5.97. The Labute approximate surface area is 133 Å². The van der Waals surface area contributed by atoms with Crippen molar-refractivity contribution < 1.29 is 14.3 Å². The van der Waals surface area contributed by atoms with Crippen LogP contribution < -0.4 is 15.4 Å². The molecule has 0 radical (unpaired) electrons. The second-order valence-electron chi connectivity index (χ2n) is 4.47. The van der Waals surface area contributed by atoms with E-state index in [-0.39, 0.29) is 18.4 Å². The van der Waals surface area contributed by atoms with Crippen LogP contribution in [0.5, 0.6) is 5.75 Å². The van der Waals surface area contributed by atoms with Gasteiger partial charge < -0.3 is 15.4 Å². The van der Waals surface area contributed by atoms with Gasteiger partial charge in [-0.3, -0.25) is 9.59 Å². The van der Waals surface area contributed by atoms with Gasteiger partial charge in [-0.2, -0.15) is 0 Å². The van der Waals surface area contributed by atoms with Gasteiger partial charge >= 0.3 is 0 Å². The third-order valence-corrected chi connectivity index (χ3v) is 3.76. The third-order valence-electron chi connectivity index (χ3n) is 2.88. The standard InChI is InChI=1S/C16H18N2O3S/c1-2-21-14-8-4-3-7-13(14)16(20)18-11-15(19)17-10-12-6-5-9-22-12/h3-9H,2,10-11H2,1H3,(H,17,19)(H,18,20). The summed E-state index contributed by atoms with van der Waals surface area (Å²) in [7, 11) is 0. The Morgan fingerprint density at radius 2 is 1.95 bits per heavy atom. The van der Waals surface area contributed by atoms with Gasteiger partial charge in [-0.25, -0.2) is 0 Å². The number of carbonyl (C=O) groups is 2. The number of amides is 2. The average Bonchev–Trinajstić information content (AvgIpc) is 3.05. The summed E-state index contributed by atoms with van der Waals surface area (Å²) in [5.41, 5.74) is 0.426. The van der Waals surface area contributed by atoms with E-state index in [2.05, 4.69) is 10.6 Å². The molecule has 0 fully saturated rings. The zero-order valence-corrected chi connectivity index (χ0v) is 13.1. The number of hydrogen-bond acceptors (Lipinski definition) is 4. The summed E-state index contributed by atoms with van der Waals surface area (Å²) in [6, 6.07) is 10.8. The minimum Gasteiger partial charge on any atom is -0.493 e. The Hall–Kier alpha value is -2.34. The molecular formula is C16H18N2O3S. The lowest BCUT2D eigenvalue weighted by molar-refractivity contribution is -0.120. The van der Waals surface area contributed by atoms with E-state index in [1.54, 1.807) is 35.6 Å². The quantitative estimate of drug-likeness (QED) is 0.822. The molecule has 2 rings (SSSR count). The molecule has 2 N–H and O–H groups in total. The topological polar surface area (TPSA) is 67.4 Å². The fraction of sp³-hybridized carbons (Fsp3) is 0.250. The lowest BCUT2D eigenvalue weighted by atomic mass is 10.2.